The van der Waals surface area contributed by atoms with Crippen molar-refractivity contribution in [3.63, 3.8) is 0 Å². The Morgan fingerprint density at radius 3 is 2.20 bits per heavy atom. The fourth-order valence-corrected chi connectivity index (χ4v) is 2.72. The van der Waals surface area contributed by atoms with Gasteiger partial charge >= 0.3 is 5.97 Å². The minimum absolute atomic E-state index is 0.0211. The molecule has 1 unspecified atom stereocenters. The Labute approximate surface area is 117 Å². The molecule has 0 aliphatic carbocycles. The molecular formula is C12H17NO6S. The highest BCUT2D eigenvalue weighted by Gasteiger charge is 2.28. The van der Waals surface area contributed by atoms with Gasteiger partial charge < -0.3 is 20.3 Å². The van der Waals surface area contributed by atoms with E-state index >= 15 is 0 Å². The Balaban J connectivity index is 3.63. The van der Waals surface area contributed by atoms with Crippen LogP contribution in [0.3, 0.4) is 0 Å². The van der Waals surface area contributed by atoms with Crippen molar-refractivity contribution >= 4 is 15.8 Å². The molecule has 0 amide bonds. The molecule has 0 fully saturated rings. The van der Waals surface area contributed by atoms with Crippen LogP contribution in [0.4, 0.5) is 0 Å². The predicted octanol–water partition coefficient (Wildman–Crippen LogP) is 0.234. The lowest BCUT2D eigenvalue weighted by Crippen LogP contribution is -2.22. The molecule has 0 aliphatic heterocycles. The molecule has 1 rings (SSSR count). The molecule has 1 aromatic carbocycles. The third kappa shape index (κ3) is 3.02. The first-order chi connectivity index (χ1) is 9.27. The molecular weight excluding hydrogens is 286 g/mol. The number of rotatable bonds is 6. The molecule has 8 heteroatoms. The second-order valence-corrected chi connectivity index (χ2v) is 6.10. The Kier molecular flexibility index (Phi) is 4.96. The molecule has 1 atom stereocenters. The van der Waals surface area contributed by atoms with Crippen LogP contribution in [-0.2, 0) is 14.6 Å². The number of carbonyl (C=O) groups is 1. The highest BCUT2D eigenvalue weighted by atomic mass is 32.2. The number of benzene rings is 1. The molecule has 0 saturated heterocycles. The summed E-state index contributed by atoms with van der Waals surface area (Å²) in [5, 5.41) is 9.14. The molecule has 1 aromatic rings. The Hall–Kier alpha value is -1.80. The molecule has 0 saturated carbocycles. The highest BCUT2D eigenvalue weighted by Crippen LogP contribution is 2.40. The second kappa shape index (κ2) is 6.10. The minimum Gasteiger partial charge on any atom is -0.492 e. The summed E-state index contributed by atoms with van der Waals surface area (Å²) in [6, 6.07) is 2.67. The summed E-state index contributed by atoms with van der Waals surface area (Å²) in [7, 11) is -0.937. The van der Waals surface area contributed by atoms with E-state index in [2.05, 4.69) is 0 Å². The quantitative estimate of drug-likeness (QED) is 0.773. The predicted molar refractivity (Wildman–Crippen MR) is 72.1 cm³/mol. The summed E-state index contributed by atoms with van der Waals surface area (Å²) < 4.78 is 33.6. The number of ether oxygens (including phenoxy) is 2. The molecule has 112 valence electrons. The van der Waals surface area contributed by atoms with Gasteiger partial charge in [0, 0.05) is 18.4 Å². The van der Waals surface area contributed by atoms with Crippen LogP contribution in [0.5, 0.6) is 11.5 Å². The maximum absolute atomic E-state index is 11.7. The van der Waals surface area contributed by atoms with Crippen molar-refractivity contribution in [2.45, 2.75) is 10.8 Å². The summed E-state index contributed by atoms with van der Waals surface area (Å²) in [5.41, 5.74) is 5.72. The topological polar surface area (TPSA) is 116 Å². The monoisotopic (exact) mass is 303 g/mol. The summed E-state index contributed by atoms with van der Waals surface area (Å²) >= 11 is 0. The van der Waals surface area contributed by atoms with E-state index in [1.807, 2.05) is 0 Å². The summed E-state index contributed by atoms with van der Waals surface area (Å²) in [6.07, 6.45) is 1.03. The van der Waals surface area contributed by atoms with Crippen molar-refractivity contribution in [1.29, 1.82) is 0 Å². The van der Waals surface area contributed by atoms with Crippen LogP contribution in [0.2, 0.25) is 0 Å². The van der Waals surface area contributed by atoms with Gasteiger partial charge in [0.05, 0.1) is 20.1 Å². The third-order valence-electron chi connectivity index (χ3n) is 2.82. The SMILES string of the molecule is COc1c(C(CN)C(=O)O)ccc(S(C)(=O)=O)c1OC. The van der Waals surface area contributed by atoms with Crippen LogP contribution in [0, 0.1) is 0 Å². The van der Waals surface area contributed by atoms with Crippen LogP contribution in [0.1, 0.15) is 11.5 Å². The highest BCUT2D eigenvalue weighted by molar-refractivity contribution is 7.90. The molecule has 20 heavy (non-hydrogen) atoms. The van der Waals surface area contributed by atoms with Crippen LogP contribution in [-0.4, -0.2) is 46.5 Å². The maximum Gasteiger partial charge on any atom is 0.312 e. The number of carboxylic acid groups (broad SMARTS) is 1. The Bertz CT molecular complexity index is 611. The maximum atomic E-state index is 11.7. The zero-order valence-electron chi connectivity index (χ0n) is 11.4. The molecule has 7 nitrogen and oxygen atoms in total. The first-order valence-corrected chi connectivity index (χ1v) is 7.54. The van der Waals surface area contributed by atoms with Crippen molar-refractivity contribution in [3.05, 3.63) is 17.7 Å². The van der Waals surface area contributed by atoms with E-state index in [9.17, 15) is 13.2 Å². The average Bonchev–Trinajstić information content (AvgIpc) is 2.36. The van der Waals surface area contributed by atoms with E-state index in [1.165, 1.54) is 26.4 Å². The fourth-order valence-electron chi connectivity index (χ4n) is 1.89. The van der Waals surface area contributed by atoms with E-state index in [0.717, 1.165) is 6.26 Å². The van der Waals surface area contributed by atoms with Gasteiger partial charge in [-0.15, -0.1) is 0 Å². The van der Waals surface area contributed by atoms with Crippen molar-refractivity contribution in [2.24, 2.45) is 5.73 Å². The number of hydrogen-bond acceptors (Lipinski definition) is 6. The number of hydrogen-bond donors (Lipinski definition) is 2. The summed E-state index contributed by atoms with van der Waals surface area (Å²) in [5.74, 6) is -2.09. The lowest BCUT2D eigenvalue weighted by atomic mass is 9.98. The third-order valence-corrected chi connectivity index (χ3v) is 3.94. The number of methoxy groups -OCH3 is 2. The van der Waals surface area contributed by atoms with Crippen LogP contribution in [0.15, 0.2) is 17.0 Å². The van der Waals surface area contributed by atoms with Gasteiger partial charge in [-0.25, -0.2) is 8.42 Å². The molecule has 0 heterocycles. The van der Waals surface area contributed by atoms with Crippen LogP contribution < -0.4 is 15.2 Å². The molecule has 0 aliphatic rings. The molecule has 0 spiro atoms. The largest absolute Gasteiger partial charge is 0.492 e. The van der Waals surface area contributed by atoms with E-state index in [0.29, 0.717) is 0 Å². The van der Waals surface area contributed by atoms with Crippen molar-refractivity contribution in [1.82, 2.24) is 0 Å². The molecule has 0 bridgehead atoms. The van der Waals surface area contributed by atoms with Gasteiger partial charge in [0.1, 0.15) is 4.90 Å². The molecule has 3 N–H and O–H groups in total. The normalized spacial score (nSPS) is 12.8. The fraction of sp³-hybridized carbons (Fsp3) is 0.417. The number of aliphatic carboxylic acids is 1. The second-order valence-electron chi connectivity index (χ2n) is 4.12. The lowest BCUT2D eigenvalue weighted by Gasteiger charge is -2.18. The van der Waals surface area contributed by atoms with Crippen molar-refractivity contribution < 1.29 is 27.8 Å². The first-order valence-electron chi connectivity index (χ1n) is 5.65. The molecule has 0 aromatic heterocycles. The smallest absolute Gasteiger partial charge is 0.312 e. The van der Waals surface area contributed by atoms with E-state index in [1.54, 1.807) is 0 Å². The Morgan fingerprint density at radius 1 is 1.30 bits per heavy atom. The van der Waals surface area contributed by atoms with Gasteiger partial charge in [-0.3, -0.25) is 4.79 Å². The van der Waals surface area contributed by atoms with Crippen LogP contribution in [0.25, 0.3) is 0 Å². The van der Waals surface area contributed by atoms with Crippen molar-refractivity contribution in [2.75, 3.05) is 27.0 Å². The Morgan fingerprint density at radius 2 is 1.85 bits per heavy atom. The first kappa shape index (κ1) is 16.3. The summed E-state index contributed by atoms with van der Waals surface area (Å²) in [4.78, 5) is 11.1. The number of carboxylic acids is 1. The van der Waals surface area contributed by atoms with Crippen LogP contribution >= 0.6 is 0 Å². The zero-order chi connectivity index (χ0) is 15.5. The minimum atomic E-state index is -3.53. The zero-order valence-corrected chi connectivity index (χ0v) is 12.2. The number of sulfone groups is 1. The van der Waals surface area contributed by atoms with Crippen molar-refractivity contribution in [3.8, 4) is 11.5 Å². The lowest BCUT2D eigenvalue weighted by molar-refractivity contribution is -0.138. The van der Waals surface area contributed by atoms with Gasteiger partial charge in [-0.2, -0.15) is 0 Å². The van der Waals surface area contributed by atoms with Gasteiger partial charge in [0.25, 0.3) is 0 Å². The average molecular weight is 303 g/mol. The van der Waals surface area contributed by atoms with E-state index in [-0.39, 0.29) is 28.5 Å². The summed E-state index contributed by atoms with van der Waals surface area (Å²) in [6.45, 7) is -0.146. The van der Waals surface area contributed by atoms with Gasteiger partial charge in [0.2, 0.25) is 0 Å². The van der Waals surface area contributed by atoms with Gasteiger partial charge in [-0.1, -0.05) is 6.07 Å². The van der Waals surface area contributed by atoms with Gasteiger partial charge in [0.15, 0.2) is 21.3 Å². The van der Waals surface area contributed by atoms with Gasteiger partial charge in [-0.05, 0) is 6.07 Å². The van der Waals surface area contributed by atoms with E-state index < -0.39 is 21.7 Å². The number of nitrogens with two attached hydrogens (primary N) is 1. The standard InChI is InChI=1S/C12H17NO6S/c1-18-10-7(8(6-13)12(14)15)4-5-9(11(10)19-2)20(3,16)17/h4-5,8H,6,13H2,1-3H3,(H,14,15). The molecule has 0 radical (unpaired) electrons. The van der Waals surface area contributed by atoms with E-state index in [4.69, 9.17) is 20.3 Å².